The molecule has 2 atom stereocenters. The molecule has 0 saturated heterocycles. The lowest BCUT2D eigenvalue weighted by atomic mass is 10.1. The normalized spacial score (nSPS) is 14.5. The van der Waals surface area contributed by atoms with Gasteiger partial charge in [0.15, 0.2) is 0 Å². The molecule has 0 aliphatic rings. The van der Waals surface area contributed by atoms with Gasteiger partial charge in [-0.15, -0.1) is 11.3 Å². The molecule has 2 aromatic heterocycles. The number of thiazole rings is 1. The van der Waals surface area contributed by atoms with Crippen molar-refractivity contribution >= 4 is 11.3 Å². The largest absolute Gasteiger partial charge is 0.301 e. The third-order valence-electron chi connectivity index (χ3n) is 3.68. The van der Waals surface area contributed by atoms with Crippen LogP contribution in [0.25, 0.3) is 0 Å². The molecule has 0 amide bonds. The predicted octanol–water partition coefficient (Wildman–Crippen LogP) is 3.70. The maximum absolute atomic E-state index is 4.60. The van der Waals surface area contributed by atoms with Crippen molar-refractivity contribution in [2.24, 2.45) is 0 Å². The van der Waals surface area contributed by atoms with Gasteiger partial charge in [0.05, 0.1) is 11.7 Å². The Kier molecular flexibility index (Phi) is 4.60. The Labute approximate surface area is 125 Å². The number of nitrogens with zero attached hydrogens (tertiary/aromatic N) is 3. The van der Waals surface area contributed by atoms with Crippen LogP contribution < -0.4 is 5.32 Å². The van der Waals surface area contributed by atoms with Gasteiger partial charge in [0, 0.05) is 34.9 Å². The van der Waals surface area contributed by atoms with Gasteiger partial charge in [-0.05, 0) is 41.5 Å². The Morgan fingerprint density at radius 3 is 2.45 bits per heavy atom. The lowest BCUT2D eigenvalue weighted by Crippen LogP contribution is -2.23. The molecule has 5 heteroatoms. The Hall–Kier alpha value is -1.20. The lowest BCUT2D eigenvalue weighted by Gasteiger charge is -2.19. The minimum Gasteiger partial charge on any atom is -0.301 e. The van der Waals surface area contributed by atoms with Crippen LogP contribution in [0.15, 0.2) is 5.38 Å². The molecular formula is C15H24N4S. The number of nitrogens with one attached hydrogen (secondary N) is 1. The van der Waals surface area contributed by atoms with E-state index >= 15 is 0 Å². The zero-order chi connectivity index (χ0) is 14.9. The van der Waals surface area contributed by atoms with Crippen LogP contribution in [-0.2, 0) is 6.54 Å². The maximum Gasteiger partial charge on any atom is 0.110 e. The molecular weight excluding hydrogens is 268 g/mol. The summed E-state index contributed by atoms with van der Waals surface area (Å²) in [4.78, 5) is 4.56. The number of hydrogen-bond acceptors (Lipinski definition) is 4. The fraction of sp³-hybridized carbons (Fsp3) is 0.600. The van der Waals surface area contributed by atoms with Crippen LogP contribution in [0, 0.1) is 20.8 Å². The quantitative estimate of drug-likeness (QED) is 0.914. The molecule has 1 N–H and O–H groups in total. The second-order valence-electron chi connectivity index (χ2n) is 5.34. The van der Waals surface area contributed by atoms with Crippen molar-refractivity contribution in [1.82, 2.24) is 20.1 Å². The molecule has 2 aromatic rings. The van der Waals surface area contributed by atoms with Crippen molar-refractivity contribution in [2.45, 2.75) is 60.2 Å². The molecule has 4 nitrogen and oxygen atoms in total. The predicted molar refractivity (Wildman–Crippen MR) is 84.2 cm³/mol. The number of hydrogen-bond donors (Lipinski definition) is 1. The van der Waals surface area contributed by atoms with Crippen LogP contribution in [0.1, 0.15) is 60.5 Å². The fourth-order valence-corrected chi connectivity index (χ4v) is 3.56. The van der Waals surface area contributed by atoms with E-state index in [0.717, 1.165) is 22.9 Å². The molecule has 0 bridgehead atoms. The SMILES string of the molecule is CCn1nc(C)c(C(C)NC(C)c2nc(C)cs2)c1C. The highest BCUT2D eigenvalue weighted by Crippen LogP contribution is 2.25. The van der Waals surface area contributed by atoms with Crippen LogP contribution in [0.2, 0.25) is 0 Å². The number of aryl methyl sites for hydroxylation is 3. The first-order valence-electron chi connectivity index (χ1n) is 7.16. The second kappa shape index (κ2) is 6.06. The molecule has 110 valence electrons. The van der Waals surface area contributed by atoms with Gasteiger partial charge in [-0.3, -0.25) is 4.68 Å². The second-order valence-corrected chi connectivity index (χ2v) is 6.23. The number of rotatable bonds is 5. The summed E-state index contributed by atoms with van der Waals surface area (Å²) in [5.74, 6) is 0. The van der Waals surface area contributed by atoms with Gasteiger partial charge in [0.2, 0.25) is 0 Å². The molecule has 0 radical (unpaired) electrons. The molecule has 2 heterocycles. The minimum atomic E-state index is 0.257. The van der Waals surface area contributed by atoms with Gasteiger partial charge in [-0.1, -0.05) is 0 Å². The summed E-state index contributed by atoms with van der Waals surface area (Å²) in [6.45, 7) is 13.7. The fourth-order valence-electron chi connectivity index (χ4n) is 2.75. The summed E-state index contributed by atoms with van der Waals surface area (Å²) in [7, 11) is 0. The zero-order valence-corrected chi connectivity index (χ0v) is 14.0. The van der Waals surface area contributed by atoms with E-state index < -0.39 is 0 Å². The van der Waals surface area contributed by atoms with E-state index in [4.69, 9.17) is 0 Å². The Balaban J connectivity index is 2.16. The zero-order valence-electron chi connectivity index (χ0n) is 13.2. The molecule has 2 rings (SSSR count). The topological polar surface area (TPSA) is 42.7 Å². The van der Waals surface area contributed by atoms with E-state index in [9.17, 15) is 0 Å². The third kappa shape index (κ3) is 2.94. The molecule has 0 aromatic carbocycles. The Bertz CT molecular complexity index is 585. The first-order chi connectivity index (χ1) is 9.43. The van der Waals surface area contributed by atoms with E-state index in [-0.39, 0.29) is 12.1 Å². The van der Waals surface area contributed by atoms with E-state index in [1.807, 2.05) is 6.92 Å². The average Bonchev–Trinajstić information content (AvgIpc) is 2.93. The monoisotopic (exact) mass is 292 g/mol. The first kappa shape index (κ1) is 15.2. The molecule has 0 aliphatic carbocycles. The average molecular weight is 292 g/mol. The van der Waals surface area contributed by atoms with Gasteiger partial charge in [-0.2, -0.15) is 5.10 Å². The Morgan fingerprint density at radius 1 is 1.25 bits per heavy atom. The van der Waals surface area contributed by atoms with Crippen LogP contribution >= 0.6 is 11.3 Å². The van der Waals surface area contributed by atoms with Gasteiger partial charge >= 0.3 is 0 Å². The van der Waals surface area contributed by atoms with Gasteiger partial charge in [-0.25, -0.2) is 4.98 Å². The Morgan fingerprint density at radius 2 is 1.95 bits per heavy atom. The standard InChI is InChI=1S/C15H24N4S/c1-7-19-13(6)14(11(4)18-19)10(3)17-12(5)15-16-9(2)8-20-15/h8,10,12,17H,7H2,1-6H3. The number of aromatic nitrogens is 3. The van der Waals surface area contributed by atoms with Crippen molar-refractivity contribution in [1.29, 1.82) is 0 Å². The molecule has 2 unspecified atom stereocenters. The summed E-state index contributed by atoms with van der Waals surface area (Å²) in [6.07, 6.45) is 0. The molecule has 0 saturated carbocycles. The summed E-state index contributed by atoms with van der Waals surface area (Å²) in [6, 6.07) is 0.530. The van der Waals surface area contributed by atoms with Gasteiger partial charge < -0.3 is 5.32 Å². The summed E-state index contributed by atoms with van der Waals surface area (Å²) in [5, 5.41) is 11.5. The first-order valence-corrected chi connectivity index (χ1v) is 8.04. The smallest absolute Gasteiger partial charge is 0.110 e. The van der Waals surface area contributed by atoms with E-state index in [0.29, 0.717) is 0 Å². The van der Waals surface area contributed by atoms with Crippen molar-refractivity contribution in [3.05, 3.63) is 33.0 Å². The van der Waals surface area contributed by atoms with E-state index in [1.54, 1.807) is 11.3 Å². The molecule has 0 spiro atoms. The van der Waals surface area contributed by atoms with E-state index in [2.05, 4.69) is 60.1 Å². The summed E-state index contributed by atoms with van der Waals surface area (Å²) >= 11 is 1.72. The molecule has 0 fully saturated rings. The minimum absolute atomic E-state index is 0.257. The van der Waals surface area contributed by atoms with Crippen LogP contribution in [0.5, 0.6) is 0 Å². The van der Waals surface area contributed by atoms with Gasteiger partial charge in [0.25, 0.3) is 0 Å². The van der Waals surface area contributed by atoms with Crippen LogP contribution in [-0.4, -0.2) is 14.8 Å². The summed E-state index contributed by atoms with van der Waals surface area (Å²) < 4.78 is 2.07. The highest BCUT2D eigenvalue weighted by molar-refractivity contribution is 7.09. The van der Waals surface area contributed by atoms with Crippen molar-refractivity contribution < 1.29 is 0 Å². The third-order valence-corrected chi connectivity index (χ3v) is 4.82. The maximum atomic E-state index is 4.60. The van der Waals surface area contributed by atoms with Crippen molar-refractivity contribution in [3.63, 3.8) is 0 Å². The molecule has 0 aliphatic heterocycles. The van der Waals surface area contributed by atoms with Gasteiger partial charge in [0.1, 0.15) is 5.01 Å². The van der Waals surface area contributed by atoms with Crippen molar-refractivity contribution in [2.75, 3.05) is 0 Å². The van der Waals surface area contributed by atoms with Crippen LogP contribution in [0.3, 0.4) is 0 Å². The highest BCUT2D eigenvalue weighted by Gasteiger charge is 2.20. The molecule has 20 heavy (non-hydrogen) atoms. The van der Waals surface area contributed by atoms with Crippen molar-refractivity contribution in [3.8, 4) is 0 Å². The highest BCUT2D eigenvalue weighted by atomic mass is 32.1. The van der Waals surface area contributed by atoms with Crippen LogP contribution in [0.4, 0.5) is 0 Å². The summed E-state index contributed by atoms with van der Waals surface area (Å²) in [5.41, 5.74) is 4.78. The lowest BCUT2D eigenvalue weighted by molar-refractivity contribution is 0.489. The van der Waals surface area contributed by atoms with E-state index in [1.165, 1.54) is 11.3 Å².